The Hall–Kier alpha value is -2.40. The molecule has 0 aliphatic heterocycles. The van der Waals surface area contributed by atoms with Crippen molar-refractivity contribution in [2.75, 3.05) is 5.32 Å². The average Bonchev–Trinajstić information content (AvgIpc) is 2.85. The van der Waals surface area contributed by atoms with Crippen LogP contribution in [0.2, 0.25) is 5.02 Å². The second-order valence-corrected chi connectivity index (χ2v) is 5.17. The van der Waals surface area contributed by atoms with Gasteiger partial charge in [-0.1, -0.05) is 35.0 Å². The van der Waals surface area contributed by atoms with E-state index in [0.29, 0.717) is 10.7 Å². The molecule has 0 aliphatic rings. The summed E-state index contributed by atoms with van der Waals surface area (Å²) in [6, 6.07) is 13.0. The molecule has 0 bridgehead atoms. The number of benzene rings is 2. The average molecular weight is 301 g/mol. The zero-order valence-corrected chi connectivity index (χ0v) is 12.1. The van der Waals surface area contributed by atoms with E-state index in [1.807, 2.05) is 43.3 Å². The molecule has 2 aromatic carbocycles. The largest absolute Gasteiger partial charge is 0.323 e. The highest BCUT2D eigenvalue weighted by Gasteiger charge is 2.10. The first-order valence-electron chi connectivity index (χ1n) is 6.48. The number of halogens is 1. The van der Waals surface area contributed by atoms with Crippen LogP contribution >= 0.6 is 11.6 Å². The third-order valence-corrected chi connectivity index (χ3v) is 3.42. The van der Waals surface area contributed by atoms with Gasteiger partial charge in [-0.05, 0) is 36.8 Å². The first kappa shape index (κ1) is 13.6. The van der Waals surface area contributed by atoms with Gasteiger partial charge in [0.25, 0.3) is 0 Å². The summed E-state index contributed by atoms with van der Waals surface area (Å²) in [6.07, 6.45) is 0. The van der Waals surface area contributed by atoms with E-state index in [1.165, 1.54) is 0 Å². The molecule has 0 fully saturated rings. The van der Waals surface area contributed by atoms with Crippen LogP contribution in [-0.4, -0.2) is 20.9 Å². The fraction of sp³-hybridized carbons (Fsp3) is 0.133. The van der Waals surface area contributed by atoms with Gasteiger partial charge in [0, 0.05) is 0 Å². The molecule has 5 nitrogen and oxygen atoms in total. The molecule has 0 aliphatic carbocycles. The molecule has 6 heteroatoms. The van der Waals surface area contributed by atoms with E-state index >= 15 is 0 Å². The minimum Gasteiger partial charge on any atom is -0.323 e. The number of nitrogens with one attached hydrogen (secondary N) is 1. The zero-order valence-electron chi connectivity index (χ0n) is 11.4. The van der Waals surface area contributed by atoms with E-state index in [9.17, 15) is 4.79 Å². The Labute approximate surface area is 126 Å². The van der Waals surface area contributed by atoms with Crippen LogP contribution in [0.15, 0.2) is 42.5 Å². The quantitative estimate of drug-likeness (QED) is 0.809. The number of aromatic nitrogens is 3. The predicted molar refractivity (Wildman–Crippen MR) is 82.3 cm³/mol. The minimum atomic E-state index is -0.198. The number of fused-ring (bicyclic) bond motifs is 1. The maximum absolute atomic E-state index is 12.1. The minimum absolute atomic E-state index is 0.0880. The van der Waals surface area contributed by atoms with E-state index < -0.39 is 0 Å². The van der Waals surface area contributed by atoms with Crippen LogP contribution in [0.1, 0.15) is 5.56 Å². The van der Waals surface area contributed by atoms with Crippen molar-refractivity contribution in [1.29, 1.82) is 0 Å². The normalized spacial score (nSPS) is 10.8. The molecular weight excluding hydrogens is 288 g/mol. The van der Waals surface area contributed by atoms with Crippen molar-refractivity contribution < 1.29 is 4.79 Å². The van der Waals surface area contributed by atoms with Gasteiger partial charge in [0.1, 0.15) is 12.1 Å². The fourth-order valence-electron chi connectivity index (χ4n) is 2.08. The van der Waals surface area contributed by atoms with Gasteiger partial charge in [-0.3, -0.25) is 4.79 Å². The smallest absolute Gasteiger partial charge is 0.246 e. The number of carbonyl (C=O) groups excluding carboxylic acids is 1. The Bertz CT molecular complexity index is 812. The van der Waals surface area contributed by atoms with Gasteiger partial charge in [0.2, 0.25) is 5.91 Å². The van der Waals surface area contributed by atoms with Gasteiger partial charge in [0.15, 0.2) is 0 Å². The van der Waals surface area contributed by atoms with Crippen molar-refractivity contribution in [3.63, 3.8) is 0 Å². The fourth-order valence-corrected chi connectivity index (χ4v) is 2.36. The number of nitrogens with zero attached hydrogens (tertiary/aromatic N) is 3. The summed E-state index contributed by atoms with van der Waals surface area (Å²) in [6.45, 7) is 2.03. The summed E-state index contributed by atoms with van der Waals surface area (Å²) in [5.74, 6) is -0.198. The Morgan fingerprint density at radius 2 is 2.10 bits per heavy atom. The van der Waals surface area contributed by atoms with Crippen molar-refractivity contribution in [2.24, 2.45) is 0 Å². The highest BCUT2D eigenvalue weighted by molar-refractivity contribution is 6.33. The maximum atomic E-state index is 12.1. The number of hydrogen-bond donors (Lipinski definition) is 1. The molecule has 0 atom stereocenters. The van der Waals surface area contributed by atoms with Crippen molar-refractivity contribution in [3.05, 3.63) is 53.1 Å². The van der Waals surface area contributed by atoms with Crippen LogP contribution in [0.4, 0.5) is 5.69 Å². The molecule has 3 rings (SSSR count). The number of aryl methyl sites for hydroxylation is 1. The van der Waals surface area contributed by atoms with Gasteiger partial charge in [0.05, 0.1) is 16.2 Å². The summed E-state index contributed by atoms with van der Waals surface area (Å²) in [4.78, 5) is 12.1. The van der Waals surface area contributed by atoms with E-state index in [-0.39, 0.29) is 12.5 Å². The number of amides is 1. The van der Waals surface area contributed by atoms with Gasteiger partial charge in [-0.15, -0.1) is 5.10 Å². The summed E-state index contributed by atoms with van der Waals surface area (Å²) in [5.41, 5.74) is 3.22. The van der Waals surface area contributed by atoms with Gasteiger partial charge in [-0.25, -0.2) is 4.68 Å². The second kappa shape index (κ2) is 5.54. The van der Waals surface area contributed by atoms with Crippen LogP contribution < -0.4 is 5.32 Å². The first-order chi connectivity index (χ1) is 10.1. The topological polar surface area (TPSA) is 59.8 Å². The SMILES string of the molecule is Cc1ccc(NC(=O)Cn2nnc3ccccc32)c(Cl)c1. The lowest BCUT2D eigenvalue weighted by Gasteiger charge is -2.08. The molecule has 1 N–H and O–H groups in total. The Morgan fingerprint density at radius 3 is 2.90 bits per heavy atom. The molecule has 0 radical (unpaired) electrons. The van der Waals surface area contributed by atoms with Gasteiger partial charge < -0.3 is 5.32 Å². The van der Waals surface area contributed by atoms with Crippen LogP contribution in [-0.2, 0) is 11.3 Å². The summed E-state index contributed by atoms with van der Waals surface area (Å²) < 4.78 is 1.56. The van der Waals surface area contributed by atoms with Crippen molar-refractivity contribution >= 4 is 34.2 Å². The lowest BCUT2D eigenvalue weighted by molar-refractivity contribution is -0.116. The third-order valence-electron chi connectivity index (χ3n) is 3.11. The molecule has 106 valence electrons. The summed E-state index contributed by atoms with van der Waals surface area (Å²) in [7, 11) is 0. The maximum Gasteiger partial charge on any atom is 0.246 e. The Morgan fingerprint density at radius 1 is 1.29 bits per heavy atom. The summed E-state index contributed by atoms with van der Waals surface area (Å²) >= 11 is 6.10. The first-order valence-corrected chi connectivity index (χ1v) is 6.85. The van der Waals surface area contributed by atoms with Gasteiger partial charge >= 0.3 is 0 Å². The standard InChI is InChI=1S/C15H13ClN4O/c1-10-6-7-12(11(16)8-10)17-15(21)9-20-14-5-3-2-4-13(14)18-19-20/h2-8H,9H2,1H3,(H,17,21). The molecule has 3 aromatic rings. The monoisotopic (exact) mass is 300 g/mol. The van der Waals surface area contributed by atoms with E-state index in [2.05, 4.69) is 15.6 Å². The number of para-hydroxylation sites is 1. The van der Waals surface area contributed by atoms with E-state index in [4.69, 9.17) is 11.6 Å². The number of carbonyl (C=O) groups is 1. The number of anilines is 1. The lowest BCUT2D eigenvalue weighted by Crippen LogP contribution is -2.19. The van der Waals surface area contributed by atoms with Crippen LogP contribution in [0, 0.1) is 6.92 Å². The van der Waals surface area contributed by atoms with Crippen molar-refractivity contribution in [2.45, 2.75) is 13.5 Å². The Balaban J connectivity index is 1.77. The Kier molecular flexibility index (Phi) is 3.58. The molecular formula is C15H13ClN4O. The molecule has 21 heavy (non-hydrogen) atoms. The second-order valence-electron chi connectivity index (χ2n) is 4.77. The molecule has 0 saturated carbocycles. The van der Waals surface area contributed by atoms with Crippen molar-refractivity contribution in [1.82, 2.24) is 15.0 Å². The van der Waals surface area contributed by atoms with Crippen LogP contribution in [0.3, 0.4) is 0 Å². The molecule has 1 amide bonds. The molecule has 0 spiro atoms. The predicted octanol–water partition coefficient (Wildman–Crippen LogP) is 3.03. The molecule has 0 saturated heterocycles. The zero-order chi connectivity index (χ0) is 14.8. The molecule has 0 unspecified atom stereocenters. The highest BCUT2D eigenvalue weighted by atomic mass is 35.5. The van der Waals surface area contributed by atoms with Crippen LogP contribution in [0.25, 0.3) is 11.0 Å². The third kappa shape index (κ3) is 2.87. The van der Waals surface area contributed by atoms with Gasteiger partial charge in [-0.2, -0.15) is 0 Å². The molecule has 1 aromatic heterocycles. The van der Waals surface area contributed by atoms with Crippen LogP contribution in [0.5, 0.6) is 0 Å². The highest BCUT2D eigenvalue weighted by Crippen LogP contribution is 2.22. The lowest BCUT2D eigenvalue weighted by atomic mass is 10.2. The summed E-state index contributed by atoms with van der Waals surface area (Å²) in [5, 5.41) is 11.3. The number of hydrogen-bond acceptors (Lipinski definition) is 3. The van der Waals surface area contributed by atoms with E-state index in [1.54, 1.807) is 10.7 Å². The molecule has 1 heterocycles. The van der Waals surface area contributed by atoms with Crippen molar-refractivity contribution in [3.8, 4) is 0 Å². The number of rotatable bonds is 3. The van der Waals surface area contributed by atoms with E-state index in [0.717, 1.165) is 16.6 Å².